The molecule has 1 saturated heterocycles. The van der Waals surface area contributed by atoms with Crippen molar-refractivity contribution in [3.05, 3.63) is 29.3 Å². The molecule has 3 nitrogen and oxygen atoms in total. The minimum absolute atomic E-state index is 0.149. The highest BCUT2D eigenvalue weighted by Crippen LogP contribution is 2.44. The number of hydrogen-bond acceptors (Lipinski definition) is 2. The van der Waals surface area contributed by atoms with Gasteiger partial charge in [-0.05, 0) is 37.0 Å². The monoisotopic (exact) mass is 217 g/mol. The van der Waals surface area contributed by atoms with Crippen LogP contribution < -0.4 is 5.32 Å². The molecule has 1 fully saturated rings. The Morgan fingerprint density at radius 1 is 1.31 bits per heavy atom. The van der Waals surface area contributed by atoms with Crippen molar-refractivity contribution in [2.45, 2.75) is 25.2 Å². The Morgan fingerprint density at radius 3 is 2.81 bits per heavy atom. The van der Waals surface area contributed by atoms with Gasteiger partial charge in [0.15, 0.2) is 0 Å². The lowest BCUT2D eigenvalue weighted by atomic mass is 9.75. The van der Waals surface area contributed by atoms with Crippen molar-refractivity contribution >= 4 is 11.6 Å². The number of carbonyl (C=O) groups is 1. The first-order chi connectivity index (χ1) is 7.72. The van der Waals surface area contributed by atoms with E-state index in [1.165, 1.54) is 5.56 Å². The summed E-state index contributed by atoms with van der Waals surface area (Å²) in [5, 5.41) is 3.00. The van der Waals surface area contributed by atoms with Crippen LogP contribution in [0.1, 0.15) is 24.0 Å². The number of anilines is 1. The molecule has 1 N–H and O–H groups in total. The fourth-order valence-corrected chi connectivity index (χ4v) is 2.76. The number of ether oxygens (including phenoxy) is 1. The SMILES string of the molecule is Cc1ccc2c(c1)NC(=O)C21CCOCC1. The summed E-state index contributed by atoms with van der Waals surface area (Å²) in [6.07, 6.45) is 1.60. The van der Waals surface area contributed by atoms with Crippen LogP contribution >= 0.6 is 0 Å². The van der Waals surface area contributed by atoms with Gasteiger partial charge in [0.1, 0.15) is 0 Å². The number of fused-ring (bicyclic) bond motifs is 2. The summed E-state index contributed by atoms with van der Waals surface area (Å²) >= 11 is 0. The van der Waals surface area contributed by atoms with Gasteiger partial charge in [0.2, 0.25) is 5.91 Å². The molecule has 1 spiro atoms. The molecule has 3 heteroatoms. The van der Waals surface area contributed by atoms with Crippen molar-refractivity contribution in [3.8, 4) is 0 Å². The van der Waals surface area contributed by atoms with Gasteiger partial charge in [-0.15, -0.1) is 0 Å². The first kappa shape index (κ1) is 9.85. The number of nitrogens with one attached hydrogen (secondary N) is 1. The van der Waals surface area contributed by atoms with Crippen LogP contribution in [0.3, 0.4) is 0 Å². The zero-order chi connectivity index (χ0) is 11.2. The average Bonchev–Trinajstić information content (AvgIpc) is 2.53. The summed E-state index contributed by atoms with van der Waals surface area (Å²) in [5.74, 6) is 0.149. The van der Waals surface area contributed by atoms with E-state index in [2.05, 4.69) is 23.5 Å². The van der Waals surface area contributed by atoms with Crippen LogP contribution in [0.5, 0.6) is 0 Å². The fraction of sp³-hybridized carbons (Fsp3) is 0.462. The third-order valence-electron chi connectivity index (χ3n) is 3.72. The van der Waals surface area contributed by atoms with Gasteiger partial charge in [-0.2, -0.15) is 0 Å². The lowest BCUT2D eigenvalue weighted by Crippen LogP contribution is -2.39. The molecular weight excluding hydrogens is 202 g/mol. The fourth-order valence-electron chi connectivity index (χ4n) is 2.76. The van der Waals surface area contributed by atoms with Crippen molar-refractivity contribution in [1.82, 2.24) is 0 Å². The van der Waals surface area contributed by atoms with Gasteiger partial charge < -0.3 is 10.1 Å². The summed E-state index contributed by atoms with van der Waals surface area (Å²) in [6, 6.07) is 6.22. The predicted molar refractivity (Wildman–Crippen MR) is 61.5 cm³/mol. The molecule has 1 amide bonds. The highest BCUT2D eigenvalue weighted by Gasteiger charge is 2.47. The van der Waals surface area contributed by atoms with Crippen LogP contribution in [0.2, 0.25) is 0 Å². The molecule has 1 aromatic carbocycles. The van der Waals surface area contributed by atoms with E-state index in [-0.39, 0.29) is 11.3 Å². The summed E-state index contributed by atoms with van der Waals surface area (Å²) in [7, 11) is 0. The molecular formula is C13H15NO2. The Bertz CT molecular complexity index is 447. The summed E-state index contributed by atoms with van der Waals surface area (Å²) in [6.45, 7) is 3.41. The van der Waals surface area contributed by atoms with E-state index in [1.807, 2.05) is 6.92 Å². The van der Waals surface area contributed by atoms with Crippen LogP contribution in [0.4, 0.5) is 5.69 Å². The molecule has 0 aliphatic carbocycles. The average molecular weight is 217 g/mol. The van der Waals surface area contributed by atoms with E-state index in [0.717, 1.165) is 24.1 Å². The van der Waals surface area contributed by atoms with Crippen molar-refractivity contribution in [2.24, 2.45) is 0 Å². The van der Waals surface area contributed by atoms with Crippen LogP contribution in [-0.4, -0.2) is 19.1 Å². The molecule has 0 atom stereocenters. The van der Waals surface area contributed by atoms with Crippen LogP contribution in [-0.2, 0) is 14.9 Å². The summed E-state index contributed by atoms with van der Waals surface area (Å²) in [4.78, 5) is 12.2. The number of hydrogen-bond donors (Lipinski definition) is 1. The van der Waals surface area contributed by atoms with E-state index in [0.29, 0.717) is 13.2 Å². The molecule has 0 aromatic heterocycles. The number of rotatable bonds is 0. The molecule has 3 rings (SSSR count). The van der Waals surface area contributed by atoms with E-state index in [9.17, 15) is 4.79 Å². The van der Waals surface area contributed by atoms with Crippen LogP contribution in [0.25, 0.3) is 0 Å². The highest BCUT2D eigenvalue weighted by molar-refractivity contribution is 6.06. The molecule has 2 aliphatic heterocycles. The van der Waals surface area contributed by atoms with Crippen molar-refractivity contribution in [1.29, 1.82) is 0 Å². The van der Waals surface area contributed by atoms with E-state index >= 15 is 0 Å². The van der Waals surface area contributed by atoms with Gasteiger partial charge >= 0.3 is 0 Å². The number of aryl methyl sites for hydroxylation is 1. The van der Waals surface area contributed by atoms with Gasteiger partial charge in [-0.25, -0.2) is 0 Å². The van der Waals surface area contributed by atoms with Gasteiger partial charge in [0.25, 0.3) is 0 Å². The standard InChI is InChI=1S/C13H15NO2/c1-9-2-3-10-11(8-9)14-12(15)13(10)4-6-16-7-5-13/h2-3,8H,4-7H2,1H3,(H,14,15). The maximum absolute atomic E-state index is 12.2. The quantitative estimate of drug-likeness (QED) is 0.721. The first-order valence-corrected chi connectivity index (χ1v) is 5.73. The zero-order valence-electron chi connectivity index (χ0n) is 9.38. The second-order valence-electron chi connectivity index (χ2n) is 4.70. The zero-order valence-corrected chi connectivity index (χ0v) is 9.38. The van der Waals surface area contributed by atoms with Crippen LogP contribution in [0, 0.1) is 6.92 Å². The maximum Gasteiger partial charge on any atom is 0.235 e. The third kappa shape index (κ3) is 1.21. The highest BCUT2D eigenvalue weighted by atomic mass is 16.5. The minimum atomic E-state index is -0.318. The Balaban J connectivity index is 2.11. The molecule has 2 heterocycles. The normalized spacial score (nSPS) is 21.9. The topological polar surface area (TPSA) is 38.3 Å². The van der Waals surface area contributed by atoms with Crippen molar-refractivity contribution in [3.63, 3.8) is 0 Å². The Labute approximate surface area is 94.8 Å². The van der Waals surface area contributed by atoms with Gasteiger partial charge in [-0.3, -0.25) is 4.79 Å². The van der Waals surface area contributed by atoms with Gasteiger partial charge in [0, 0.05) is 18.9 Å². The van der Waals surface area contributed by atoms with E-state index < -0.39 is 0 Å². The molecule has 0 radical (unpaired) electrons. The molecule has 0 bridgehead atoms. The molecule has 0 saturated carbocycles. The Kier molecular flexibility index (Phi) is 2.04. The lowest BCUT2D eigenvalue weighted by molar-refractivity contribution is -0.124. The number of amides is 1. The maximum atomic E-state index is 12.2. The third-order valence-corrected chi connectivity index (χ3v) is 3.72. The molecule has 0 unspecified atom stereocenters. The first-order valence-electron chi connectivity index (χ1n) is 5.73. The Hall–Kier alpha value is -1.35. The summed E-state index contributed by atoms with van der Waals surface area (Å²) < 4.78 is 5.36. The molecule has 2 aliphatic rings. The van der Waals surface area contributed by atoms with Gasteiger partial charge in [0.05, 0.1) is 5.41 Å². The minimum Gasteiger partial charge on any atom is -0.381 e. The smallest absolute Gasteiger partial charge is 0.235 e. The van der Waals surface area contributed by atoms with E-state index in [1.54, 1.807) is 0 Å². The molecule has 1 aromatic rings. The molecule has 84 valence electrons. The predicted octanol–water partition coefficient (Wildman–Crippen LogP) is 2.00. The lowest BCUT2D eigenvalue weighted by Gasteiger charge is -2.31. The Morgan fingerprint density at radius 2 is 2.06 bits per heavy atom. The van der Waals surface area contributed by atoms with Crippen LogP contribution in [0.15, 0.2) is 18.2 Å². The summed E-state index contributed by atoms with van der Waals surface area (Å²) in [5.41, 5.74) is 3.02. The van der Waals surface area contributed by atoms with Crippen molar-refractivity contribution in [2.75, 3.05) is 18.5 Å². The van der Waals surface area contributed by atoms with Crippen molar-refractivity contribution < 1.29 is 9.53 Å². The molecule has 16 heavy (non-hydrogen) atoms. The van der Waals surface area contributed by atoms with Gasteiger partial charge in [-0.1, -0.05) is 12.1 Å². The second kappa shape index (κ2) is 3.32. The second-order valence-corrected chi connectivity index (χ2v) is 4.70. The largest absolute Gasteiger partial charge is 0.381 e. The number of carbonyl (C=O) groups excluding carboxylic acids is 1. The number of benzene rings is 1. The van der Waals surface area contributed by atoms with E-state index in [4.69, 9.17) is 4.74 Å².